The number of hydrogen-bond donors (Lipinski definition) is 0. The van der Waals surface area contributed by atoms with Crippen molar-refractivity contribution < 1.29 is 0 Å². The quantitative estimate of drug-likeness (QED) is 0.292. The van der Waals surface area contributed by atoms with Gasteiger partial charge in [-0.3, -0.25) is 0 Å². The van der Waals surface area contributed by atoms with Gasteiger partial charge >= 0.3 is 0 Å². The maximum atomic E-state index is 3.42. The molecule has 0 atom stereocenters. The topological polar surface area (TPSA) is 0 Å². The monoisotopic (exact) mass is 234 g/mol. The average molecular weight is 235 g/mol. The molecule has 0 rings (SSSR count). The van der Waals surface area contributed by atoms with Crippen LogP contribution in [0.5, 0.6) is 0 Å². The van der Waals surface area contributed by atoms with Crippen LogP contribution >= 0.6 is 15.9 Å². The van der Waals surface area contributed by atoms with Crippen molar-refractivity contribution in [1.82, 2.24) is 0 Å². The van der Waals surface area contributed by atoms with E-state index in [1.807, 2.05) is 0 Å². The summed E-state index contributed by atoms with van der Waals surface area (Å²) in [5, 5.41) is 1.13. The van der Waals surface area contributed by atoms with E-state index in [0.29, 0.717) is 0 Å². The lowest BCUT2D eigenvalue weighted by Crippen LogP contribution is -2.17. The molecule has 0 aliphatic heterocycles. The van der Waals surface area contributed by atoms with Gasteiger partial charge < -0.3 is 0 Å². The fraction of sp³-hybridized carbons (Fsp3) is 0.778. The van der Waals surface area contributed by atoms with Gasteiger partial charge in [-0.15, -0.1) is 0 Å². The largest absolute Gasteiger partial charge is 0.0928 e. The summed E-state index contributed by atoms with van der Waals surface area (Å²) >= 11 is 3.42. The van der Waals surface area contributed by atoms with Gasteiger partial charge in [-0.25, -0.2) is 0 Å². The number of unbranched alkanes of at least 4 members (excludes halogenated alkanes) is 1. The van der Waals surface area contributed by atoms with E-state index in [1.165, 1.54) is 18.9 Å². The van der Waals surface area contributed by atoms with E-state index in [4.69, 9.17) is 0 Å². The SMILES string of the molecule is C[Si](C)(C)CC=CCCCBr. The first-order chi connectivity index (χ1) is 5.06. The van der Waals surface area contributed by atoms with Gasteiger partial charge in [-0.1, -0.05) is 47.7 Å². The highest BCUT2D eigenvalue weighted by molar-refractivity contribution is 9.09. The molecule has 11 heavy (non-hydrogen) atoms. The van der Waals surface area contributed by atoms with Crippen LogP contribution in [-0.2, 0) is 0 Å². The van der Waals surface area contributed by atoms with Crippen molar-refractivity contribution in [3.8, 4) is 0 Å². The second-order valence-electron chi connectivity index (χ2n) is 4.07. The van der Waals surface area contributed by atoms with Crippen molar-refractivity contribution in [2.24, 2.45) is 0 Å². The number of allylic oxidation sites excluding steroid dienone is 2. The third-order valence-corrected chi connectivity index (χ3v) is 3.42. The zero-order chi connectivity index (χ0) is 8.74. The zero-order valence-corrected chi connectivity index (χ0v) is 10.4. The Morgan fingerprint density at radius 1 is 1.18 bits per heavy atom. The van der Waals surface area contributed by atoms with E-state index >= 15 is 0 Å². The van der Waals surface area contributed by atoms with Gasteiger partial charge in [0.25, 0.3) is 0 Å². The van der Waals surface area contributed by atoms with Crippen molar-refractivity contribution in [2.45, 2.75) is 38.5 Å². The number of alkyl halides is 1. The summed E-state index contributed by atoms with van der Waals surface area (Å²) in [5.74, 6) is 0. The Morgan fingerprint density at radius 3 is 2.27 bits per heavy atom. The molecule has 0 saturated carbocycles. The number of rotatable bonds is 5. The molecule has 2 heteroatoms. The molecule has 0 aromatic rings. The zero-order valence-electron chi connectivity index (χ0n) is 7.86. The van der Waals surface area contributed by atoms with E-state index in [9.17, 15) is 0 Å². The van der Waals surface area contributed by atoms with Crippen LogP contribution in [0.25, 0.3) is 0 Å². The van der Waals surface area contributed by atoms with Gasteiger partial charge in [0.1, 0.15) is 0 Å². The molecule has 0 fully saturated rings. The molecule has 0 heterocycles. The van der Waals surface area contributed by atoms with Crippen LogP contribution in [0.15, 0.2) is 12.2 Å². The summed E-state index contributed by atoms with van der Waals surface area (Å²) in [6.07, 6.45) is 7.17. The smallest absolute Gasteiger partial charge is 0.0480 e. The summed E-state index contributed by atoms with van der Waals surface area (Å²) in [6, 6.07) is 1.33. The van der Waals surface area contributed by atoms with Crippen LogP contribution in [0, 0.1) is 0 Å². The summed E-state index contributed by atoms with van der Waals surface area (Å²) in [4.78, 5) is 0. The molecular weight excluding hydrogens is 216 g/mol. The lowest BCUT2D eigenvalue weighted by molar-refractivity contribution is 0.977. The van der Waals surface area contributed by atoms with Crippen LogP contribution < -0.4 is 0 Å². The summed E-state index contributed by atoms with van der Waals surface area (Å²) < 4.78 is 0. The molecule has 0 aliphatic rings. The van der Waals surface area contributed by atoms with E-state index in [2.05, 4.69) is 47.7 Å². The first kappa shape index (κ1) is 11.4. The van der Waals surface area contributed by atoms with Crippen molar-refractivity contribution in [2.75, 3.05) is 5.33 Å². The van der Waals surface area contributed by atoms with Gasteiger partial charge in [0.15, 0.2) is 0 Å². The van der Waals surface area contributed by atoms with Crippen molar-refractivity contribution in [1.29, 1.82) is 0 Å². The lowest BCUT2D eigenvalue weighted by Gasteiger charge is -2.11. The molecule has 0 amide bonds. The van der Waals surface area contributed by atoms with Gasteiger partial charge in [-0.05, 0) is 18.9 Å². The van der Waals surface area contributed by atoms with Crippen molar-refractivity contribution >= 4 is 24.0 Å². The van der Waals surface area contributed by atoms with Crippen molar-refractivity contribution in [3.63, 3.8) is 0 Å². The second-order valence-corrected chi connectivity index (χ2v) is 10.4. The maximum Gasteiger partial charge on any atom is 0.0480 e. The van der Waals surface area contributed by atoms with Gasteiger partial charge in [-0.2, -0.15) is 0 Å². The molecule has 0 N–H and O–H groups in total. The van der Waals surface area contributed by atoms with Gasteiger partial charge in [0.05, 0.1) is 0 Å². The van der Waals surface area contributed by atoms with Crippen LogP contribution in [0.2, 0.25) is 25.7 Å². The molecule has 0 aromatic carbocycles. The van der Waals surface area contributed by atoms with Crippen LogP contribution in [-0.4, -0.2) is 13.4 Å². The Hall–Kier alpha value is 0.437. The standard InChI is InChI=1S/C9H19BrSi/c1-11(2,3)9-7-5-4-6-8-10/h5,7H,4,6,8-9H2,1-3H3. The Morgan fingerprint density at radius 2 is 1.82 bits per heavy atom. The Balaban J connectivity index is 3.30. The van der Waals surface area contributed by atoms with Gasteiger partial charge in [0, 0.05) is 13.4 Å². The first-order valence-corrected chi connectivity index (χ1v) is 9.10. The normalized spacial score (nSPS) is 12.7. The molecule has 0 aromatic heterocycles. The Bertz CT molecular complexity index is 113. The third-order valence-electron chi connectivity index (χ3n) is 1.40. The van der Waals surface area contributed by atoms with E-state index < -0.39 is 8.07 Å². The number of hydrogen-bond acceptors (Lipinski definition) is 0. The Kier molecular flexibility index (Phi) is 6.25. The molecule has 0 aliphatic carbocycles. The second kappa shape index (κ2) is 6.01. The van der Waals surface area contributed by atoms with E-state index in [1.54, 1.807) is 0 Å². The summed E-state index contributed by atoms with van der Waals surface area (Å²) in [7, 11) is -0.816. The molecule has 0 unspecified atom stereocenters. The highest BCUT2D eigenvalue weighted by Crippen LogP contribution is 2.09. The summed E-state index contributed by atoms with van der Waals surface area (Å²) in [5.41, 5.74) is 0. The van der Waals surface area contributed by atoms with Gasteiger partial charge in [0.2, 0.25) is 0 Å². The minimum atomic E-state index is -0.816. The fourth-order valence-corrected chi connectivity index (χ4v) is 1.95. The first-order valence-electron chi connectivity index (χ1n) is 4.27. The maximum absolute atomic E-state index is 3.42. The summed E-state index contributed by atoms with van der Waals surface area (Å²) in [6.45, 7) is 7.21. The van der Waals surface area contributed by atoms with Crippen LogP contribution in [0.1, 0.15) is 12.8 Å². The number of halogens is 1. The highest BCUT2D eigenvalue weighted by Gasteiger charge is 2.08. The van der Waals surface area contributed by atoms with Crippen LogP contribution in [0.4, 0.5) is 0 Å². The van der Waals surface area contributed by atoms with Crippen molar-refractivity contribution in [3.05, 3.63) is 12.2 Å². The average Bonchev–Trinajstić information content (AvgIpc) is 1.85. The fourth-order valence-electron chi connectivity index (χ4n) is 0.750. The molecular formula is C9H19BrSi. The minimum absolute atomic E-state index is 0.816. The molecule has 0 nitrogen and oxygen atoms in total. The predicted octanol–water partition coefficient (Wildman–Crippen LogP) is 4.06. The highest BCUT2D eigenvalue weighted by atomic mass is 79.9. The molecule has 66 valence electrons. The van der Waals surface area contributed by atoms with E-state index in [0.717, 1.165) is 5.33 Å². The van der Waals surface area contributed by atoms with E-state index in [-0.39, 0.29) is 0 Å². The minimum Gasteiger partial charge on any atom is -0.0928 e. The molecule has 0 saturated heterocycles. The predicted molar refractivity (Wildman–Crippen MR) is 60.3 cm³/mol. The molecule has 0 spiro atoms. The Labute approximate surface area is 80.2 Å². The lowest BCUT2D eigenvalue weighted by atomic mass is 10.3. The third kappa shape index (κ3) is 10.4. The molecule has 0 radical (unpaired) electrons. The van der Waals surface area contributed by atoms with Crippen LogP contribution in [0.3, 0.4) is 0 Å². The molecule has 0 bridgehead atoms.